The van der Waals surface area contributed by atoms with Crippen molar-refractivity contribution in [3.05, 3.63) is 35.6 Å². The van der Waals surface area contributed by atoms with Gasteiger partial charge in [0.05, 0.1) is 18.6 Å². The topological polar surface area (TPSA) is 41.6 Å². The van der Waals surface area contributed by atoms with Crippen LogP contribution in [0.25, 0.3) is 0 Å². The van der Waals surface area contributed by atoms with E-state index in [1.807, 2.05) is 12.1 Å². The molecular weight excluding hydrogens is 271 g/mol. The first-order chi connectivity index (χ1) is 10.1. The maximum Gasteiger partial charge on any atom is 0.222 e. The highest BCUT2D eigenvalue weighted by molar-refractivity contribution is 5.76. The third-order valence-corrected chi connectivity index (χ3v) is 4.40. The van der Waals surface area contributed by atoms with E-state index in [9.17, 15) is 9.18 Å². The highest BCUT2D eigenvalue weighted by Gasteiger charge is 2.42. The third kappa shape index (κ3) is 3.41. The van der Waals surface area contributed by atoms with Crippen LogP contribution >= 0.6 is 0 Å². The minimum Gasteiger partial charge on any atom is -0.373 e. The van der Waals surface area contributed by atoms with Gasteiger partial charge in [-0.05, 0) is 24.1 Å². The highest BCUT2D eigenvalue weighted by atomic mass is 19.1. The molecular formula is C16H21FN2O2. The highest BCUT2D eigenvalue weighted by Crippen LogP contribution is 2.34. The molecule has 2 saturated heterocycles. The van der Waals surface area contributed by atoms with Crippen LogP contribution in [0.5, 0.6) is 0 Å². The van der Waals surface area contributed by atoms with Gasteiger partial charge >= 0.3 is 0 Å². The number of ether oxygens (including phenoxy) is 1. The summed E-state index contributed by atoms with van der Waals surface area (Å²) in [6.45, 7) is 2.72. The minimum atomic E-state index is -0.197. The number of amides is 1. The molecule has 0 spiro atoms. The Morgan fingerprint density at radius 2 is 2.14 bits per heavy atom. The summed E-state index contributed by atoms with van der Waals surface area (Å²) >= 11 is 0. The Labute approximate surface area is 124 Å². The van der Waals surface area contributed by atoms with E-state index < -0.39 is 0 Å². The number of likely N-dealkylation sites (tertiary alicyclic amines) is 1. The van der Waals surface area contributed by atoms with Crippen molar-refractivity contribution in [2.75, 3.05) is 20.1 Å². The average molecular weight is 292 g/mol. The SMILES string of the molecule is CNC(=O)C[C@H]1C[C@H]2CN(Cc3ccc(F)cc3)C[C@H]2O1. The van der Waals surface area contributed by atoms with Crippen LogP contribution in [0.1, 0.15) is 18.4 Å². The molecule has 2 heterocycles. The molecule has 0 saturated carbocycles. The lowest BCUT2D eigenvalue weighted by Gasteiger charge is -2.19. The van der Waals surface area contributed by atoms with Gasteiger partial charge in [0.15, 0.2) is 0 Å². The Bertz CT molecular complexity index is 492. The second-order valence-electron chi connectivity index (χ2n) is 5.99. The van der Waals surface area contributed by atoms with Gasteiger partial charge in [0, 0.05) is 32.6 Å². The smallest absolute Gasteiger partial charge is 0.222 e. The molecule has 5 heteroatoms. The molecule has 0 unspecified atom stereocenters. The molecule has 2 aliphatic heterocycles. The number of fused-ring (bicyclic) bond motifs is 1. The average Bonchev–Trinajstić information content (AvgIpc) is 2.99. The fourth-order valence-corrected chi connectivity index (χ4v) is 3.37. The van der Waals surface area contributed by atoms with E-state index in [0.29, 0.717) is 12.3 Å². The lowest BCUT2D eigenvalue weighted by atomic mass is 10.0. The summed E-state index contributed by atoms with van der Waals surface area (Å²) in [4.78, 5) is 13.7. The maximum absolute atomic E-state index is 12.9. The van der Waals surface area contributed by atoms with Gasteiger partial charge in [-0.2, -0.15) is 0 Å². The van der Waals surface area contributed by atoms with Crippen LogP contribution in [0.3, 0.4) is 0 Å². The summed E-state index contributed by atoms with van der Waals surface area (Å²) in [5, 5.41) is 2.64. The lowest BCUT2D eigenvalue weighted by Crippen LogP contribution is -2.28. The van der Waals surface area contributed by atoms with Crippen molar-refractivity contribution >= 4 is 5.91 Å². The molecule has 1 aromatic carbocycles. The molecule has 3 rings (SSSR count). The van der Waals surface area contributed by atoms with Crippen molar-refractivity contribution in [3.8, 4) is 0 Å². The predicted octanol–water partition coefficient (Wildman–Crippen LogP) is 1.55. The van der Waals surface area contributed by atoms with Gasteiger partial charge in [-0.3, -0.25) is 9.69 Å². The van der Waals surface area contributed by atoms with E-state index in [1.54, 1.807) is 7.05 Å². The van der Waals surface area contributed by atoms with Gasteiger partial charge in [0.2, 0.25) is 5.91 Å². The van der Waals surface area contributed by atoms with Gasteiger partial charge in [-0.15, -0.1) is 0 Å². The molecule has 114 valence electrons. The van der Waals surface area contributed by atoms with Crippen LogP contribution in [-0.2, 0) is 16.1 Å². The number of carbonyl (C=O) groups is 1. The van der Waals surface area contributed by atoms with Gasteiger partial charge < -0.3 is 10.1 Å². The van der Waals surface area contributed by atoms with Crippen LogP contribution in [0, 0.1) is 11.7 Å². The summed E-state index contributed by atoms with van der Waals surface area (Å²) in [7, 11) is 1.66. The fourth-order valence-electron chi connectivity index (χ4n) is 3.37. The van der Waals surface area contributed by atoms with E-state index in [0.717, 1.165) is 31.6 Å². The summed E-state index contributed by atoms with van der Waals surface area (Å²) in [6, 6.07) is 6.67. The number of nitrogens with zero attached hydrogens (tertiary/aromatic N) is 1. The Hall–Kier alpha value is -1.46. The number of halogens is 1. The molecule has 4 nitrogen and oxygen atoms in total. The van der Waals surface area contributed by atoms with Gasteiger partial charge in [0.1, 0.15) is 5.82 Å². The maximum atomic E-state index is 12.9. The van der Waals surface area contributed by atoms with Crippen molar-refractivity contribution in [3.63, 3.8) is 0 Å². The lowest BCUT2D eigenvalue weighted by molar-refractivity contribution is -0.123. The molecule has 0 aliphatic carbocycles. The first-order valence-corrected chi connectivity index (χ1v) is 7.47. The van der Waals surface area contributed by atoms with Crippen molar-refractivity contribution in [1.29, 1.82) is 0 Å². The van der Waals surface area contributed by atoms with E-state index >= 15 is 0 Å². The molecule has 0 bridgehead atoms. The van der Waals surface area contributed by atoms with Gasteiger partial charge in [0.25, 0.3) is 0 Å². The van der Waals surface area contributed by atoms with Gasteiger partial charge in [-0.25, -0.2) is 4.39 Å². The second-order valence-corrected chi connectivity index (χ2v) is 5.99. The summed E-state index contributed by atoms with van der Waals surface area (Å²) in [6.07, 6.45) is 1.72. The minimum absolute atomic E-state index is 0.0446. The van der Waals surface area contributed by atoms with Crippen LogP contribution in [0.4, 0.5) is 4.39 Å². The van der Waals surface area contributed by atoms with Gasteiger partial charge in [-0.1, -0.05) is 12.1 Å². The zero-order valence-corrected chi connectivity index (χ0v) is 12.2. The van der Waals surface area contributed by atoms with Crippen molar-refractivity contribution in [1.82, 2.24) is 10.2 Å². The Morgan fingerprint density at radius 3 is 2.81 bits per heavy atom. The zero-order chi connectivity index (χ0) is 14.8. The summed E-state index contributed by atoms with van der Waals surface area (Å²) in [5.41, 5.74) is 1.12. The largest absolute Gasteiger partial charge is 0.373 e. The normalized spacial score (nSPS) is 28.6. The number of nitrogens with one attached hydrogen (secondary N) is 1. The molecule has 2 fully saturated rings. The Kier molecular flexibility index (Phi) is 4.22. The standard InChI is InChI=1S/C16H21FN2O2/c1-18-16(20)7-14-6-12-9-19(10-15(12)21-14)8-11-2-4-13(17)5-3-11/h2-5,12,14-15H,6-10H2,1H3,(H,18,20)/t12-,14+,15+/m0/s1. The molecule has 1 amide bonds. The summed E-state index contributed by atoms with van der Waals surface area (Å²) in [5.74, 6) is 0.362. The third-order valence-electron chi connectivity index (χ3n) is 4.40. The van der Waals surface area contributed by atoms with E-state index in [4.69, 9.17) is 4.74 Å². The molecule has 1 aromatic rings. The second kappa shape index (κ2) is 6.12. The monoisotopic (exact) mass is 292 g/mol. The van der Waals surface area contributed by atoms with Crippen LogP contribution in [0.2, 0.25) is 0 Å². The van der Waals surface area contributed by atoms with E-state index in [1.165, 1.54) is 12.1 Å². The number of rotatable bonds is 4. The number of benzene rings is 1. The van der Waals surface area contributed by atoms with Crippen LogP contribution < -0.4 is 5.32 Å². The van der Waals surface area contributed by atoms with Crippen molar-refractivity contribution < 1.29 is 13.9 Å². The van der Waals surface area contributed by atoms with Crippen molar-refractivity contribution in [2.45, 2.75) is 31.6 Å². The predicted molar refractivity (Wildman–Crippen MR) is 77.1 cm³/mol. The Balaban J connectivity index is 1.50. The number of hydrogen-bond acceptors (Lipinski definition) is 3. The number of hydrogen-bond donors (Lipinski definition) is 1. The van der Waals surface area contributed by atoms with Crippen LogP contribution in [0.15, 0.2) is 24.3 Å². The number of carbonyl (C=O) groups excluding carboxylic acids is 1. The van der Waals surface area contributed by atoms with Crippen LogP contribution in [-0.4, -0.2) is 43.2 Å². The molecule has 2 aliphatic rings. The Morgan fingerprint density at radius 1 is 1.38 bits per heavy atom. The zero-order valence-electron chi connectivity index (χ0n) is 12.2. The first-order valence-electron chi connectivity index (χ1n) is 7.47. The molecule has 3 atom stereocenters. The molecule has 1 N–H and O–H groups in total. The van der Waals surface area contributed by atoms with Crippen molar-refractivity contribution in [2.24, 2.45) is 5.92 Å². The molecule has 21 heavy (non-hydrogen) atoms. The molecule has 0 aromatic heterocycles. The molecule has 0 radical (unpaired) electrons. The summed E-state index contributed by atoms with van der Waals surface area (Å²) < 4.78 is 18.9. The van der Waals surface area contributed by atoms with E-state index in [-0.39, 0.29) is 23.9 Å². The van der Waals surface area contributed by atoms with E-state index in [2.05, 4.69) is 10.2 Å². The first kappa shape index (κ1) is 14.5. The fraction of sp³-hybridized carbons (Fsp3) is 0.562. The quantitative estimate of drug-likeness (QED) is 0.915.